The molecule has 13 heavy (non-hydrogen) atoms. The van der Waals surface area contributed by atoms with Gasteiger partial charge >= 0.3 is 0 Å². The molecule has 0 aliphatic heterocycles. The molecule has 0 atom stereocenters. The molecule has 1 saturated carbocycles. The van der Waals surface area contributed by atoms with E-state index >= 15 is 0 Å². The van der Waals surface area contributed by atoms with E-state index in [1.165, 1.54) is 32.1 Å². The molecule has 0 N–H and O–H groups in total. The van der Waals surface area contributed by atoms with Crippen LogP contribution in [0.3, 0.4) is 0 Å². The van der Waals surface area contributed by atoms with Crippen LogP contribution in [0.4, 0.5) is 0 Å². The average Bonchev–Trinajstić information content (AvgIpc) is 2.15. The first-order valence-electron chi connectivity index (χ1n) is 5.16. The van der Waals surface area contributed by atoms with Crippen molar-refractivity contribution in [3.63, 3.8) is 0 Å². The highest BCUT2D eigenvalue weighted by Gasteiger charge is 2.20. The molecule has 1 fully saturated rings. The second-order valence-corrected chi connectivity index (χ2v) is 4.13. The fourth-order valence-electron chi connectivity index (χ4n) is 2.10. The monoisotopic (exact) mass is 203 g/mol. The lowest BCUT2D eigenvalue weighted by Crippen LogP contribution is -2.39. The number of likely N-dealkylation sites (N-methyl/N-ethyl adjacent to an activating group) is 1. The molecule has 0 radical (unpaired) electrons. The molecule has 1 aliphatic carbocycles. The summed E-state index contributed by atoms with van der Waals surface area (Å²) in [6.45, 7) is 3.44. The largest absolute Gasteiger partial charge is 0.292 e. The Balaban J connectivity index is 2.39. The van der Waals surface area contributed by atoms with E-state index in [1.807, 2.05) is 0 Å². The maximum Gasteiger partial charge on any atom is 0.235 e. The van der Waals surface area contributed by atoms with Crippen molar-refractivity contribution in [1.29, 1.82) is 0 Å². The molecule has 0 heterocycles. The summed E-state index contributed by atoms with van der Waals surface area (Å²) in [7, 11) is 0. The van der Waals surface area contributed by atoms with Gasteiger partial charge in [-0.2, -0.15) is 0 Å². The summed E-state index contributed by atoms with van der Waals surface area (Å²) >= 11 is 5.39. The van der Waals surface area contributed by atoms with Crippen LogP contribution in [0.5, 0.6) is 0 Å². The van der Waals surface area contributed by atoms with Gasteiger partial charge in [-0.25, -0.2) is 0 Å². The molecule has 2 nitrogen and oxygen atoms in total. The lowest BCUT2D eigenvalue weighted by atomic mass is 9.94. The highest BCUT2D eigenvalue weighted by molar-refractivity contribution is 6.64. The Labute approximate surface area is 85.2 Å². The number of halogens is 1. The van der Waals surface area contributed by atoms with E-state index in [0.29, 0.717) is 12.6 Å². The lowest BCUT2D eigenvalue weighted by Gasteiger charge is -2.32. The van der Waals surface area contributed by atoms with E-state index in [4.69, 9.17) is 11.6 Å². The van der Waals surface area contributed by atoms with Gasteiger partial charge in [-0.1, -0.05) is 26.2 Å². The molecule has 0 aromatic rings. The SMILES string of the molecule is CCN(CC(=O)Cl)C1CCCCC1. The Morgan fingerprint density at radius 1 is 1.38 bits per heavy atom. The van der Waals surface area contributed by atoms with Crippen molar-refractivity contribution < 1.29 is 4.79 Å². The van der Waals surface area contributed by atoms with Crippen LogP contribution in [0.2, 0.25) is 0 Å². The van der Waals surface area contributed by atoms with Crippen molar-refractivity contribution >= 4 is 16.8 Å². The third-order valence-corrected chi connectivity index (χ3v) is 2.94. The average molecular weight is 204 g/mol. The molecule has 0 aromatic heterocycles. The molecule has 76 valence electrons. The second-order valence-electron chi connectivity index (χ2n) is 3.71. The Morgan fingerprint density at radius 2 is 2.00 bits per heavy atom. The molecule has 0 aromatic carbocycles. The zero-order chi connectivity index (χ0) is 9.68. The molecule has 0 unspecified atom stereocenters. The van der Waals surface area contributed by atoms with Gasteiger partial charge in [0.25, 0.3) is 0 Å². The quantitative estimate of drug-likeness (QED) is 0.655. The molecule has 0 saturated heterocycles. The van der Waals surface area contributed by atoms with Crippen LogP contribution in [0.25, 0.3) is 0 Å². The second kappa shape index (κ2) is 5.61. The zero-order valence-electron chi connectivity index (χ0n) is 8.26. The predicted octanol–water partition coefficient (Wildman–Crippen LogP) is 2.41. The lowest BCUT2D eigenvalue weighted by molar-refractivity contribution is -0.113. The van der Waals surface area contributed by atoms with Crippen LogP contribution in [0.1, 0.15) is 39.0 Å². The summed E-state index contributed by atoms with van der Waals surface area (Å²) in [4.78, 5) is 13.0. The van der Waals surface area contributed by atoms with Crippen LogP contribution >= 0.6 is 11.6 Å². The number of hydrogen-bond donors (Lipinski definition) is 0. The molecule has 0 amide bonds. The van der Waals surface area contributed by atoms with Gasteiger partial charge in [-0.05, 0) is 31.0 Å². The first-order chi connectivity index (χ1) is 6.24. The Kier molecular flexibility index (Phi) is 4.74. The molecule has 0 spiro atoms. The van der Waals surface area contributed by atoms with Crippen molar-refractivity contribution in [2.75, 3.05) is 13.1 Å². The van der Waals surface area contributed by atoms with Gasteiger partial charge in [0.2, 0.25) is 5.24 Å². The topological polar surface area (TPSA) is 20.3 Å². The van der Waals surface area contributed by atoms with E-state index in [1.54, 1.807) is 0 Å². The van der Waals surface area contributed by atoms with Crippen LogP contribution in [0.15, 0.2) is 0 Å². The fourth-order valence-corrected chi connectivity index (χ4v) is 2.26. The molecule has 1 aliphatic rings. The van der Waals surface area contributed by atoms with Gasteiger partial charge in [-0.15, -0.1) is 0 Å². The molecule has 0 bridgehead atoms. The van der Waals surface area contributed by atoms with Gasteiger partial charge < -0.3 is 0 Å². The molecular formula is C10H18ClNO. The van der Waals surface area contributed by atoms with Crippen LogP contribution in [-0.4, -0.2) is 29.3 Å². The van der Waals surface area contributed by atoms with Crippen molar-refractivity contribution in [3.05, 3.63) is 0 Å². The summed E-state index contributed by atoms with van der Waals surface area (Å²) in [5.74, 6) is 0. The van der Waals surface area contributed by atoms with Gasteiger partial charge in [0.1, 0.15) is 0 Å². The van der Waals surface area contributed by atoms with Crippen molar-refractivity contribution in [2.24, 2.45) is 0 Å². The number of rotatable bonds is 4. The normalized spacial score (nSPS) is 19.3. The van der Waals surface area contributed by atoms with Crippen molar-refractivity contribution in [3.8, 4) is 0 Å². The maximum absolute atomic E-state index is 10.8. The highest BCUT2D eigenvalue weighted by Crippen LogP contribution is 2.22. The minimum Gasteiger partial charge on any atom is -0.292 e. The number of carbonyl (C=O) groups is 1. The number of nitrogens with zero attached hydrogens (tertiary/aromatic N) is 1. The third kappa shape index (κ3) is 3.65. The van der Waals surface area contributed by atoms with Crippen LogP contribution in [-0.2, 0) is 4.79 Å². The number of carbonyl (C=O) groups excluding carboxylic acids is 1. The van der Waals surface area contributed by atoms with Crippen LogP contribution < -0.4 is 0 Å². The zero-order valence-corrected chi connectivity index (χ0v) is 9.02. The van der Waals surface area contributed by atoms with Crippen molar-refractivity contribution in [1.82, 2.24) is 4.90 Å². The Morgan fingerprint density at radius 3 is 2.46 bits per heavy atom. The fraction of sp³-hybridized carbons (Fsp3) is 0.900. The molecule has 1 rings (SSSR count). The van der Waals surface area contributed by atoms with Gasteiger partial charge in [0.15, 0.2) is 0 Å². The first-order valence-corrected chi connectivity index (χ1v) is 5.54. The Hall–Kier alpha value is -0.0800. The smallest absolute Gasteiger partial charge is 0.235 e. The third-order valence-electron chi connectivity index (χ3n) is 2.82. The van der Waals surface area contributed by atoms with Gasteiger partial charge in [0.05, 0.1) is 6.54 Å². The van der Waals surface area contributed by atoms with Crippen LogP contribution in [0, 0.1) is 0 Å². The van der Waals surface area contributed by atoms with E-state index < -0.39 is 0 Å². The summed E-state index contributed by atoms with van der Waals surface area (Å²) in [6, 6.07) is 0.599. The van der Waals surface area contributed by atoms with Gasteiger partial charge in [0, 0.05) is 6.04 Å². The molecular weight excluding hydrogens is 186 g/mol. The minimum atomic E-state index is -0.229. The van der Waals surface area contributed by atoms with E-state index in [9.17, 15) is 4.79 Å². The summed E-state index contributed by atoms with van der Waals surface area (Å²) in [5, 5.41) is -0.229. The van der Waals surface area contributed by atoms with E-state index in [0.717, 1.165) is 6.54 Å². The predicted molar refractivity (Wildman–Crippen MR) is 55.0 cm³/mol. The number of hydrogen-bond acceptors (Lipinski definition) is 2. The first kappa shape index (κ1) is 11.0. The summed E-state index contributed by atoms with van der Waals surface area (Å²) in [6.07, 6.45) is 6.42. The minimum absolute atomic E-state index is 0.229. The van der Waals surface area contributed by atoms with Gasteiger partial charge in [-0.3, -0.25) is 9.69 Å². The summed E-state index contributed by atoms with van der Waals surface area (Å²) in [5.41, 5.74) is 0. The van der Waals surface area contributed by atoms with E-state index in [-0.39, 0.29) is 5.24 Å². The van der Waals surface area contributed by atoms with E-state index in [2.05, 4.69) is 11.8 Å². The Bertz CT molecular complexity index is 166. The standard InChI is InChI=1S/C10H18ClNO/c1-2-12(8-10(11)13)9-6-4-3-5-7-9/h9H,2-8H2,1H3. The molecule has 3 heteroatoms. The maximum atomic E-state index is 10.8. The summed E-state index contributed by atoms with van der Waals surface area (Å²) < 4.78 is 0. The highest BCUT2D eigenvalue weighted by atomic mass is 35.5. The van der Waals surface area contributed by atoms with Crippen molar-refractivity contribution in [2.45, 2.75) is 45.1 Å².